The quantitative estimate of drug-likeness (QED) is 0.152. The highest BCUT2D eigenvalue weighted by Crippen LogP contribution is 2.57. The molecule has 6 heterocycles. The zero-order valence-electron chi connectivity index (χ0n) is 24.2. The third kappa shape index (κ3) is 5.53. The number of phosphoric ester groups is 2. The van der Waals surface area contributed by atoms with Gasteiger partial charge in [-0.2, -0.15) is 4.98 Å². The number of anilines is 2. The fraction of sp³-hybridized carbons (Fsp3) is 0.565. The molecule has 11 atom stereocenters. The fourth-order valence-electron chi connectivity index (χ4n) is 6.56. The Kier molecular flexibility index (Phi) is 7.94. The van der Waals surface area contributed by atoms with Crippen molar-refractivity contribution in [2.75, 3.05) is 24.7 Å². The van der Waals surface area contributed by atoms with Gasteiger partial charge in [-0.25, -0.2) is 33.5 Å². The number of aliphatic hydroxyl groups is 1. The number of aliphatic hydroxyl groups excluding tert-OH is 1. The van der Waals surface area contributed by atoms with E-state index in [1.165, 1.54) is 17.2 Å². The van der Waals surface area contributed by atoms with Gasteiger partial charge in [0, 0.05) is 5.92 Å². The highest BCUT2D eigenvalue weighted by molar-refractivity contribution is 7.47. The molecule has 8 N–H and O–H groups in total. The van der Waals surface area contributed by atoms with Gasteiger partial charge in [0.25, 0.3) is 5.56 Å². The van der Waals surface area contributed by atoms with Crippen LogP contribution in [0, 0.1) is 11.8 Å². The van der Waals surface area contributed by atoms with E-state index in [0.29, 0.717) is 0 Å². The maximum Gasteiger partial charge on any atom is 0.472 e. The first-order valence-corrected chi connectivity index (χ1v) is 17.2. The van der Waals surface area contributed by atoms with E-state index in [1.807, 2.05) is 0 Å². The highest BCUT2D eigenvalue weighted by atomic mass is 31.2. The van der Waals surface area contributed by atoms with E-state index in [2.05, 4.69) is 29.9 Å². The number of hydrogen-bond donors (Lipinski definition) is 6. The van der Waals surface area contributed by atoms with E-state index in [9.17, 15) is 28.8 Å². The zero-order chi connectivity index (χ0) is 33.4. The standard InChI is InChI=1S/C23H29FN10O11P2/c1-2-8-9-3-41-46(37,38)44-16-10(43-22(11(16)24)34-7-29-12-18(25)27-5-28-19(12)34)4-42-47(39,40)45-17(15(9)35)14(8)33-6-30-13-20(33)31-23(26)32-21(13)36/h5-11,14-17,22,35H,2-4H2,1H3,(H,37,38)(H,39,40)(H2,25,27,28)(H3,26,31,32,36)/t8-,9-,10+,11+,14+,15+,16+,17-,22+/m0/s1. The van der Waals surface area contributed by atoms with E-state index >= 15 is 4.39 Å². The minimum Gasteiger partial charge on any atom is -0.390 e. The number of aromatic amines is 1. The van der Waals surface area contributed by atoms with Crippen molar-refractivity contribution in [2.24, 2.45) is 11.8 Å². The number of ether oxygens (including phenoxy) is 1. The molecule has 21 nitrogen and oxygen atoms in total. The van der Waals surface area contributed by atoms with E-state index < -0.39 is 89.1 Å². The van der Waals surface area contributed by atoms with Crippen molar-refractivity contribution in [3.05, 3.63) is 29.3 Å². The molecule has 0 radical (unpaired) electrons. The predicted molar refractivity (Wildman–Crippen MR) is 155 cm³/mol. The Bertz CT molecular complexity index is 1990. The van der Waals surface area contributed by atoms with Crippen LogP contribution in [0.5, 0.6) is 0 Å². The van der Waals surface area contributed by atoms with Crippen molar-refractivity contribution < 1.29 is 51.2 Å². The van der Waals surface area contributed by atoms with Gasteiger partial charge in [0.05, 0.1) is 38.0 Å². The summed E-state index contributed by atoms with van der Waals surface area (Å²) in [4.78, 5) is 56.6. The zero-order valence-corrected chi connectivity index (χ0v) is 26.0. The summed E-state index contributed by atoms with van der Waals surface area (Å²) >= 11 is 0. The number of hydrogen-bond acceptors (Lipinski definition) is 16. The Morgan fingerprint density at radius 3 is 2.43 bits per heavy atom. The number of nitrogens with two attached hydrogens (primary N) is 2. The van der Waals surface area contributed by atoms with Gasteiger partial charge in [0.15, 0.2) is 35.0 Å². The second-order valence-corrected chi connectivity index (χ2v) is 14.1. The van der Waals surface area contributed by atoms with Crippen molar-refractivity contribution in [3.63, 3.8) is 0 Å². The molecule has 3 fully saturated rings. The Morgan fingerprint density at radius 1 is 1.00 bits per heavy atom. The lowest BCUT2D eigenvalue weighted by atomic mass is 9.91. The SMILES string of the molecule is CC[C@H]1[C@@H]2COP(=O)(O)O[C@H]3[C@@H](F)[C@H](n4cnc5c(N)ncnc54)O[C@@H]3COP(=O)(O)O[C@H]([C@@H]2O)[C@@H]1n1cnc2c(=O)[nH]c(N)nc21. The fourth-order valence-corrected chi connectivity index (χ4v) is 8.50. The van der Waals surface area contributed by atoms with Crippen LogP contribution in [0.1, 0.15) is 25.6 Å². The summed E-state index contributed by atoms with van der Waals surface area (Å²) in [6.07, 6.45) is -6.53. The van der Waals surface area contributed by atoms with Crippen LogP contribution in [0.2, 0.25) is 0 Å². The summed E-state index contributed by atoms with van der Waals surface area (Å²) in [5.41, 5.74) is 11.0. The Morgan fingerprint density at radius 2 is 1.68 bits per heavy atom. The third-order valence-electron chi connectivity index (χ3n) is 8.61. The summed E-state index contributed by atoms with van der Waals surface area (Å²) in [7, 11) is -10.2. The van der Waals surface area contributed by atoms with Crippen molar-refractivity contribution in [3.8, 4) is 0 Å². The van der Waals surface area contributed by atoms with Crippen LogP contribution in [0.3, 0.4) is 0 Å². The first-order valence-electron chi connectivity index (χ1n) is 14.2. The van der Waals surface area contributed by atoms with Gasteiger partial charge >= 0.3 is 15.6 Å². The molecule has 4 aromatic rings. The molecule has 0 aromatic carbocycles. The summed E-state index contributed by atoms with van der Waals surface area (Å²) in [6.45, 7) is 0.214. The Labute approximate surface area is 262 Å². The molecule has 254 valence electrons. The first-order chi connectivity index (χ1) is 22.3. The van der Waals surface area contributed by atoms with Gasteiger partial charge in [-0.15, -0.1) is 0 Å². The number of aromatic nitrogens is 8. The molecule has 2 unspecified atom stereocenters. The predicted octanol–water partition coefficient (Wildman–Crippen LogP) is -0.0646. The minimum atomic E-state index is -5.11. The smallest absolute Gasteiger partial charge is 0.390 e. The molecule has 1 aliphatic carbocycles. The molecule has 0 amide bonds. The monoisotopic (exact) mass is 702 g/mol. The van der Waals surface area contributed by atoms with Gasteiger partial charge in [-0.3, -0.25) is 32.4 Å². The summed E-state index contributed by atoms with van der Waals surface area (Å²) in [5, 5.41) is 11.4. The molecule has 1 saturated carbocycles. The molecule has 4 aromatic heterocycles. The van der Waals surface area contributed by atoms with E-state index in [4.69, 9.17) is 34.3 Å². The Balaban J connectivity index is 1.24. The second-order valence-electron chi connectivity index (χ2n) is 11.3. The van der Waals surface area contributed by atoms with Crippen molar-refractivity contribution in [1.29, 1.82) is 0 Å². The minimum absolute atomic E-state index is 0.00571. The molecular formula is C23H29FN10O11P2. The second kappa shape index (κ2) is 11.6. The van der Waals surface area contributed by atoms with Crippen LogP contribution in [0.25, 0.3) is 22.3 Å². The van der Waals surface area contributed by atoms with E-state index in [1.54, 1.807) is 6.92 Å². The van der Waals surface area contributed by atoms with E-state index in [0.717, 1.165) is 10.9 Å². The van der Waals surface area contributed by atoms with Crippen molar-refractivity contribution in [2.45, 2.75) is 56.2 Å². The molecular weight excluding hydrogens is 673 g/mol. The molecule has 2 saturated heterocycles. The maximum absolute atomic E-state index is 16.0. The van der Waals surface area contributed by atoms with Gasteiger partial charge in [0.1, 0.15) is 30.2 Å². The average Bonchev–Trinajstić information content (AvgIpc) is 3.75. The lowest BCUT2D eigenvalue weighted by molar-refractivity contribution is -0.0510. The molecule has 2 aliphatic heterocycles. The molecule has 2 bridgehead atoms. The average molecular weight is 702 g/mol. The van der Waals surface area contributed by atoms with Crippen LogP contribution < -0.4 is 17.0 Å². The number of nitrogens with zero attached hydrogens (tertiary/aromatic N) is 7. The lowest BCUT2D eigenvalue weighted by Gasteiger charge is -2.29. The Hall–Kier alpha value is -3.43. The third-order valence-corrected chi connectivity index (χ3v) is 10.6. The molecule has 7 rings (SSSR count). The number of nitrogen functional groups attached to an aromatic ring is 2. The van der Waals surface area contributed by atoms with E-state index in [-0.39, 0.29) is 40.5 Å². The number of halogens is 1. The summed E-state index contributed by atoms with van der Waals surface area (Å²) in [6, 6.07) is -1.03. The van der Waals surface area contributed by atoms with Crippen molar-refractivity contribution in [1.82, 2.24) is 39.0 Å². The van der Waals surface area contributed by atoms with Gasteiger partial charge in [0.2, 0.25) is 5.95 Å². The normalized spacial score (nSPS) is 38.2. The number of fused-ring (bicyclic) bond motifs is 5. The van der Waals surface area contributed by atoms with Crippen LogP contribution >= 0.6 is 15.6 Å². The largest absolute Gasteiger partial charge is 0.472 e. The number of imidazole rings is 2. The molecule has 24 heteroatoms. The number of alkyl halides is 1. The molecule has 3 aliphatic rings. The number of phosphoric acid groups is 2. The highest BCUT2D eigenvalue weighted by Gasteiger charge is 2.56. The lowest BCUT2D eigenvalue weighted by Crippen LogP contribution is -2.34. The molecule has 0 spiro atoms. The van der Waals surface area contributed by atoms with Gasteiger partial charge in [-0.05, 0) is 5.92 Å². The first kappa shape index (κ1) is 32.1. The number of nitrogens with one attached hydrogen (secondary N) is 1. The van der Waals surface area contributed by atoms with Crippen LogP contribution in [0.4, 0.5) is 16.2 Å². The summed E-state index contributed by atoms with van der Waals surface area (Å²) in [5.74, 6) is -1.95. The topological polar surface area (TPSA) is 300 Å². The summed E-state index contributed by atoms with van der Waals surface area (Å²) < 4.78 is 72.3. The molecule has 47 heavy (non-hydrogen) atoms. The number of H-pyrrole nitrogens is 1. The van der Waals surface area contributed by atoms with Crippen LogP contribution in [0.15, 0.2) is 23.8 Å². The van der Waals surface area contributed by atoms with Gasteiger partial charge in [-0.1, -0.05) is 13.3 Å². The van der Waals surface area contributed by atoms with Gasteiger partial charge < -0.3 is 35.7 Å². The van der Waals surface area contributed by atoms with Crippen LogP contribution in [-0.4, -0.2) is 97.7 Å². The number of rotatable bonds is 3. The van der Waals surface area contributed by atoms with Crippen molar-refractivity contribution >= 4 is 49.7 Å². The maximum atomic E-state index is 16.0. The van der Waals surface area contributed by atoms with Crippen LogP contribution in [-0.2, 0) is 32.0 Å².